The third-order valence-electron chi connectivity index (χ3n) is 4.23. The molecule has 28 heavy (non-hydrogen) atoms. The minimum absolute atomic E-state index is 0.120. The second-order valence-electron chi connectivity index (χ2n) is 6.13. The lowest BCUT2D eigenvalue weighted by molar-refractivity contribution is -0.142. The molecule has 0 saturated heterocycles. The van der Waals surface area contributed by atoms with Gasteiger partial charge in [0.05, 0.1) is 28.1 Å². The maximum atomic E-state index is 13.4. The fraction of sp³-hybridized carbons (Fsp3) is 0.0952. The number of hydrogen-bond acceptors (Lipinski definition) is 5. The molecule has 4 rings (SSSR count). The number of rotatable bonds is 4. The van der Waals surface area contributed by atoms with Crippen molar-refractivity contribution in [2.45, 2.75) is 13.5 Å². The maximum absolute atomic E-state index is 13.4. The summed E-state index contributed by atoms with van der Waals surface area (Å²) in [7, 11) is 0. The van der Waals surface area contributed by atoms with Crippen LogP contribution in [0.1, 0.15) is 12.6 Å². The monoisotopic (exact) mass is 394 g/mol. The van der Waals surface area contributed by atoms with Crippen LogP contribution in [0.5, 0.6) is 0 Å². The Morgan fingerprint density at radius 2 is 2.00 bits per heavy atom. The Balaban J connectivity index is 2.05. The molecule has 6 nitrogen and oxygen atoms in total. The average molecular weight is 395 g/mol. The van der Waals surface area contributed by atoms with E-state index < -0.39 is 5.97 Å². The van der Waals surface area contributed by atoms with Crippen molar-refractivity contribution in [3.05, 3.63) is 82.1 Å². The minimum atomic E-state index is -0.455. The number of ether oxygens (including phenoxy) is 1. The molecular weight excluding hydrogens is 380 g/mol. The maximum Gasteiger partial charge on any atom is 0.303 e. The van der Waals surface area contributed by atoms with E-state index in [9.17, 15) is 9.59 Å². The van der Waals surface area contributed by atoms with E-state index in [0.29, 0.717) is 38.8 Å². The fourth-order valence-corrected chi connectivity index (χ4v) is 3.24. The quantitative estimate of drug-likeness (QED) is 0.481. The molecule has 0 saturated carbocycles. The van der Waals surface area contributed by atoms with Crippen molar-refractivity contribution >= 4 is 23.2 Å². The highest BCUT2D eigenvalue weighted by molar-refractivity contribution is 6.30. The summed E-state index contributed by atoms with van der Waals surface area (Å²) in [4.78, 5) is 29.4. The highest BCUT2D eigenvalue weighted by Crippen LogP contribution is 2.29. The number of pyridine rings is 1. The molecule has 0 aliphatic carbocycles. The van der Waals surface area contributed by atoms with Crippen LogP contribution in [0.3, 0.4) is 0 Å². The number of esters is 1. The number of hydrogen-bond donors (Lipinski definition) is 0. The summed E-state index contributed by atoms with van der Waals surface area (Å²) in [5.41, 5.74) is 2.02. The molecule has 0 aliphatic heterocycles. The first-order valence-corrected chi connectivity index (χ1v) is 8.90. The van der Waals surface area contributed by atoms with Gasteiger partial charge in [-0.15, -0.1) is 0 Å². The smallest absolute Gasteiger partial charge is 0.303 e. The van der Waals surface area contributed by atoms with Crippen molar-refractivity contribution in [3.8, 4) is 22.5 Å². The lowest BCUT2D eigenvalue weighted by Gasteiger charge is -2.13. The van der Waals surface area contributed by atoms with Gasteiger partial charge in [0.25, 0.3) is 5.56 Å². The minimum Gasteiger partial charge on any atom is -0.464 e. The Morgan fingerprint density at radius 1 is 1.21 bits per heavy atom. The van der Waals surface area contributed by atoms with Gasteiger partial charge < -0.3 is 9.15 Å². The topological polar surface area (TPSA) is 73.8 Å². The first kappa shape index (κ1) is 18.0. The molecule has 140 valence electrons. The molecule has 0 amide bonds. The Hall–Kier alpha value is -3.38. The van der Waals surface area contributed by atoms with Gasteiger partial charge in [0.15, 0.2) is 5.65 Å². The normalized spacial score (nSPS) is 10.9. The number of carbonyl (C=O) groups excluding carboxylic acids is 1. The SMILES string of the molecule is CC(=O)OCc1nc2c(-c3ccco3)cc(Cl)cn2c(=O)c1-c1ccccc1. The largest absolute Gasteiger partial charge is 0.464 e. The second-order valence-corrected chi connectivity index (χ2v) is 6.56. The Morgan fingerprint density at radius 3 is 2.68 bits per heavy atom. The number of aromatic nitrogens is 2. The lowest BCUT2D eigenvalue weighted by atomic mass is 10.0. The third kappa shape index (κ3) is 3.30. The average Bonchev–Trinajstić information content (AvgIpc) is 3.22. The molecule has 7 heteroatoms. The van der Waals surface area contributed by atoms with Gasteiger partial charge in [0.2, 0.25) is 0 Å². The van der Waals surface area contributed by atoms with Gasteiger partial charge in [0, 0.05) is 13.1 Å². The molecule has 0 radical (unpaired) electrons. The first-order chi connectivity index (χ1) is 13.5. The van der Waals surface area contributed by atoms with Crippen molar-refractivity contribution in [3.63, 3.8) is 0 Å². The van der Waals surface area contributed by atoms with E-state index in [1.165, 1.54) is 23.8 Å². The van der Waals surface area contributed by atoms with Crippen molar-refractivity contribution in [1.29, 1.82) is 0 Å². The van der Waals surface area contributed by atoms with Crippen LogP contribution in [0.4, 0.5) is 0 Å². The zero-order valence-electron chi connectivity index (χ0n) is 14.9. The van der Waals surface area contributed by atoms with E-state index in [-0.39, 0.29) is 12.2 Å². The summed E-state index contributed by atoms with van der Waals surface area (Å²) in [5, 5.41) is 0.370. The first-order valence-electron chi connectivity index (χ1n) is 8.52. The summed E-state index contributed by atoms with van der Waals surface area (Å²) < 4.78 is 12.0. The molecule has 0 unspecified atom stereocenters. The molecule has 0 fully saturated rings. The van der Waals surface area contributed by atoms with Crippen LogP contribution < -0.4 is 5.56 Å². The number of carbonyl (C=O) groups is 1. The van der Waals surface area contributed by atoms with Crippen LogP contribution >= 0.6 is 11.6 Å². The van der Waals surface area contributed by atoms with Crippen LogP contribution in [0.25, 0.3) is 28.1 Å². The third-order valence-corrected chi connectivity index (χ3v) is 4.43. The summed E-state index contributed by atoms with van der Waals surface area (Å²) in [6, 6.07) is 14.3. The van der Waals surface area contributed by atoms with Gasteiger partial charge in [-0.3, -0.25) is 14.0 Å². The number of halogens is 1. The standard InChI is InChI=1S/C21H15ClN2O4/c1-13(25)28-12-17-19(14-6-3-2-4-7-14)21(26)24-11-15(22)10-16(20(24)23-17)18-8-5-9-27-18/h2-11H,12H2,1H3. The summed E-state index contributed by atoms with van der Waals surface area (Å²) >= 11 is 6.26. The van der Waals surface area contributed by atoms with Crippen molar-refractivity contribution in [1.82, 2.24) is 9.38 Å². The zero-order valence-corrected chi connectivity index (χ0v) is 15.6. The molecule has 0 atom stereocenters. The van der Waals surface area contributed by atoms with Crippen LogP contribution in [0.2, 0.25) is 5.02 Å². The van der Waals surface area contributed by atoms with Gasteiger partial charge in [-0.1, -0.05) is 41.9 Å². The Labute approximate surface area is 165 Å². The van der Waals surface area contributed by atoms with Crippen LogP contribution in [-0.4, -0.2) is 15.4 Å². The Kier molecular flexibility index (Phi) is 4.71. The second kappa shape index (κ2) is 7.32. The molecule has 3 aromatic heterocycles. The van der Waals surface area contributed by atoms with E-state index >= 15 is 0 Å². The summed E-state index contributed by atoms with van der Waals surface area (Å²) in [6.45, 7) is 1.19. The molecule has 4 aromatic rings. The van der Waals surface area contributed by atoms with Gasteiger partial charge in [-0.25, -0.2) is 4.98 Å². The molecule has 3 heterocycles. The van der Waals surface area contributed by atoms with Gasteiger partial charge in [-0.05, 0) is 23.8 Å². The number of fused-ring (bicyclic) bond motifs is 1. The van der Waals surface area contributed by atoms with Crippen LogP contribution in [-0.2, 0) is 16.1 Å². The number of benzene rings is 1. The molecule has 1 aromatic carbocycles. The zero-order chi connectivity index (χ0) is 19.7. The molecule has 0 N–H and O–H groups in total. The summed E-state index contributed by atoms with van der Waals surface area (Å²) in [5.74, 6) is 0.0705. The van der Waals surface area contributed by atoms with Crippen molar-refractivity contribution in [2.24, 2.45) is 0 Å². The summed E-state index contributed by atoms with van der Waals surface area (Å²) in [6.07, 6.45) is 3.05. The predicted molar refractivity (Wildman–Crippen MR) is 105 cm³/mol. The van der Waals surface area contributed by atoms with E-state index in [0.717, 1.165) is 0 Å². The van der Waals surface area contributed by atoms with Crippen LogP contribution in [0.15, 0.2) is 70.2 Å². The molecular formula is C21H15ClN2O4. The van der Waals surface area contributed by atoms with Gasteiger partial charge >= 0.3 is 5.97 Å². The van der Waals surface area contributed by atoms with E-state index in [2.05, 4.69) is 4.98 Å². The molecule has 0 bridgehead atoms. The van der Waals surface area contributed by atoms with Gasteiger partial charge in [-0.2, -0.15) is 0 Å². The van der Waals surface area contributed by atoms with E-state index in [4.69, 9.17) is 20.8 Å². The number of furan rings is 1. The predicted octanol–water partition coefficient (Wildman–Crippen LogP) is 4.34. The van der Waals surface area contributed by atoms with E-state index in [1.807, 2.05) is 18.2 Å². The molecule has 0 aliphatic rings. The van der Waals surface area contributed by atoms with Crippen LogP contribution in [0, 0.1) is 0 Å². The van der Waals surface area contributed by atoms with Gasteiger partial charge in [0.1, 0.15) is 12.4 Å². The van der Waals surface area contributed by atoms with Crippen molar-refractivity contribution in [2.75, 3.05) is 0 Å². The fourth-order valence-electron chi connectivity index (χ4n) is 3.03. The highest BCUT2D eigenvalue weighted by Gasteiger charge is 2.19. The lowest BCUT2D eigenvalue weighted by Crippen LogP contribution is -2.21. The van der Waals surface area contributed by atoms with Crippen molar-refractivity contribution < 1.29 is 13.9 Å². The molecule has 0 spiro atoms. The number of nitrogens with zero attached hydrogens (tertiary/aromatic N) is 2. The van der Waals surface area contributed by atoms with E-state index in [1.54, 1.807) is 30.3 Å². The Bertz CT molecular complexity index is 1210. The highest BCUT2D eigenvalue weighted by atomic mass is 35.5.